The number of carboxylic acids is 1. The van der Waals surface area contributed by atoms with Crippen molar-refractivity contribution in [2.24, 2.45) is 0 Å². The molecule has 0 saturated carbocycles. The van der Waals surface area contributed by atoms with E-state index in [1.807, 2.05) is 0 Å². The summed E-state index contributed by atoms with van der Waals surface area (Å²) >= 11 is 0. The topological polar surface area (TPSA) is 46.5 Å². The maximum absolute atomic E-state index is 10.0. The summed E-state index contributed by atoms with van der Waals surface area (Å²) in [4.78, 5) is 10.0. The van der Waals surface area contributed by atoms with E-state index in [4.69, 9.17) is 9.84 Å². The van der Waals surface area contributed by atoms with Crippen molar-refractivity contribution in [3.05, 3.63) is 0 Å². The molecule has 1 atom stereocenters. The Morgan fingerprint density at radius 1 is 1.55 bits per heavy atom. The fraction of sp³-hybridized carbons (Fsp3) is 0.625. The van der Waals surface area contributed by atoms with E-state index in [2.05, 4.69) is 11.8 Å². The SMILES string of the molecule is O=C(O)C#CC1CCCCO1. The highest BCUT2D eigenvalue weighted by Gasteiger charge is 2.10. The molecular formula is C8H10O3. The molecule has 1 aliphatic heterocycles. The zero-order valence-corrected chi connectivity index (χ0v) is 6.17. The van der Waals surface area contributed by atoms with E-state index in [1.54, 1.807) is 0 Å². The largest absolute Gasteiger partial charge is 0.472 e. The number of ether oxygens (including phenoxy) is 1. The molecule has 0 aromatic carbocycles. The van der Waals surface area contributed by atoms with Crippen LogP contribution in [0.2, 0.25) is 0 Å². The number of hydrogen-bond acceptors (Lipinski definition) is 2. The third-order valence-electron chi connectivity index (χ3n) is 1.52. The molecule has 1 N–H and O–H groups in total. The Balaban J connectivity index is 2.36. The maximum Gasteiger partial charge on any atom is 0.381 e. The number of aliphatic carboxylic acids is 1. The molecule has 0 radical (unpaired) electrons. The summed E-state index contributed by atoms with van der Waals surface area (Å²) in [5.74, 6) is 3.52. The molecule has 1 aliphatic rings. The van der Waals surface area contributed by atoms with Gasteiger partial charge in [0.15, 0.2) is 0 Å². The third kappa shape index (κ3) is 3.06. The summed E-state index contributed by atoms with van der Waals surface area (Å²) in [7, 11) is 0. The van der Waals surface area contributed by atoms with Gasteiger partial charge in [-0.2, -0.15) is 0 Å². The lowest BCUT2D eigenvalue weighted by molar-refractivity contribution is -0.130. The number of hydrogen-bond donors (Lipinski definition) is 1. The molecule has 60 valence electrons. The van der Waals surface area contributed by atoms with E-state index in [-0.39, 0.29) is 6.10 Å². The van der Waals surface area contributed by atoms with E-state index in [0.29, 0.717) is 6.61 Å². The first-order valence-corrected chi connectivity index (χ1v) is 3.65. The van der Waals surface area contributed by atoms with Gasteiger partial charge in [-0.3, -0.25) is 0 Å². The molecule has 3 heteroatoms. The summed E-state index contributed by atoms with van der Waals surface area (Å²) in [6.07, 6.45) is 2.85. The highest BCUT2D eigenvalue weighted by molar-refractivity contribution is 5.86. The Morgan fingerprint density at radius 2 is 2.36 bits per heavy atom. The highest BCUT2D eigenvalue weighted by atomic mass is 16.5. The fourth-order valence-electron chi connectivity index (χ4n) is 0.997. The second-order valence-corrected chi connectivity index (χ2v) is 2.43. The molecule has 0 bridgehead atoms. The Kier molecular flexibility index (Phi) is 2.94. The van der Waals surface area contributed by atoms with Gasteiger partial charge in [-0.05, 0) is 19.3 Å². The molecule has 0 aromatic rings. The fourth-order valence-corrected chi connectivity index (χ4v) is 0.997. The third-order valence-corrected chi connectivity index (χ3v) is 1.52. The van der Waals surface area contributed by atoms with Crippen molar-refractivity contribution in [2.45, 2.75) is 25.4 Å². The molecule has 1 saturated heterocycles. The van der Waals surface area contributed by atoms with Gasteiger partial charge in [0.25, 0.3) is 0 Å². The van der Waals surface area contributed by atoms with Crippen molar-refractivity contribution in [3.63, 3.8) is 0 Å². The lowest BCUT2D eigenvalue weighted by Gasteiger charge is -2.16. The molecule has 0 amide bonds. The normalized spacial score (nSPS) is 23.5. The van der Waals surface area contributed by atoms with E-state index in [0.717, 1.165) is 19.3 Å². The van der Waals surface area contributed by atoms with E-state index >= 15 is 0 Å². The average molecular weight is 154 g/mol. The number of carbonyl (C=O) groups is 1. The number of rotatable bonds is 0. The predicted molar refractivity (Wildman–Crippen MR) is 39.0 cm³/mol. The standard InChI is InChI=1S/C8H10O3/c9-8(10)5-4-7-3-1-2-6-11-7/h7H,1-3,6H2,(H,9,10). The summed E-state index contributed by atoms with van der Waals surface area (Å²) in [6, 6.07) is 0. The van der Waals surface area contributed by atoms with Crippen molar-refractivity contribution < 1.29 is 14.6 Å². The molecule has 1 heterocycles. The summed E-state index contributed by atoms with van der Waals surface area (Å²) in [6.45, 7) is 0.707. The number of carboxylic acid groups (broad SMARTS) is 1. The van der Waals surface area contributed by atoms with Crippen LogP contribution in [0, 0.1) is 11.8 Å². The average Bonchev–Trinajstić information content (AvgIpc) is 2.03. The summed E-state index contributed by atoms with van der Waals surface area (Å²) in [5.41, 5.74) is 0. The molecule has 1 unspecified atom stereocenters. The Labute approximate surface area is 65.4 Å². The van der Waals surface area contributed by atoms with Crippen LogP contribution in [0.1, 0.15) is 19.3 Å². The molecule has 0 spiro atoms. The van der Waals surface area contributed by atoms with E-state index < -0.39 is 5.97 Å². The van der Waals surface area contributed by atoms with Crippen LogP contribution in [0.25, 0.3) is 0 Å². The zero-order chi connectivity index (χ0) is 8.10. The minimum Gasteiger partial charge on any atom is -0.472 e. The molecule has 0 aromatic heterocycles. The quantitative estimate of drug-likeness (QED) is 0.521. The van der Waals surface area contributed by atoms with Crippen molar-refractivity contribution >= 4 is 5.97 Å². The lowest BCUT2D eigenvalue weighted by Crippen LogP contribution is -2.17. The predicted octanol–water partition coefficient (Wildman–Crippen LogP) is 0.643. The van der Waals surface area contributed by atoms with Crippen molar-refractivity contribution in [3.8, 4) is 11.8 Å². The van der Waals surface area contributed by atoms with Crippen molar-refractivity contribution in [2.75, 3.05) is 6.61 Å². The van der Waals surface area contributed by atoms with Crippen LogP contribution in [0.15, 0.2) is 0 Å². The van der Waals surface area contributed by atoms with Crippen LogP contribution in [0.5, 0.6) is 0 Å². The molecular weight excluding hydrogens is 144 g/mol. The first-order valence-electron chi connectivity index (χ1n) is 3.65. The first-order chi connectivity index (χ1) is 5.29. The zero-order valence-electron chi connectivity index (χ0n) is 6.17. The Hall–Kier alpha value is -1.01. The molecule has 1 fully saturated rings. The monoisotopic (exact) mass is 154 g/mol. The maximum atomic E-state index is 10.0. The van der Waals surface area contributed by atoms with Gasteiger partial charge in [0.1, 0.15) is 6.10 Å². The first kappa shape index (κ1) is 8.09. The van der Waals surface area contributed by atoms with Gasteiger partial charge >= 0.3 is 5.97 Å². The molecule has 11 heavy (non-hydrogen) atoms. The van der Waals surface area contributed by atoms with Crippen LogP contribution in [-0.4, -0.2) is 23.8 Å². The Morgan fingerprint density at radius 3 is 2.91 bits per heavy atom. The smallest absolute Gasteiger partial charge is 0.381 e. The van der Waals surface area contributed by atoms with Gasteiger partial charge in [0.05, 0.1) is 0 Å². The molecule has 3 nitrogen and oxygen atoms in total. The summed E-state index contributed by atoms with van der Waals surface area (Å²) < 4.78 is 5.19. The molecule has 0 aliphatic carbocycles. The lowest BCUT2D eigenvalue weighted by atomic mass is 10.1. The highest BCUT2D eigenvalue weighted by Crippen LogP contribution is 2.11. The van der Waals surface area contributed by atoms with Crippen LogP contribution in [0.3, 0.4) is 0 Å². The van der Waals surface area contributed by atoms with Gasteiger partial charge in [-0.1, -0.05) is 5.92 Å². The second-order valence-electron chi connectivity index (χ2n) is 2.43. The molecule has 1 rings (SSSR count). The van der Waals surface area contributed by atoms with Crippen molar-refractivity contribution in [1.82, 2.24) is 0 Å². The van der Waals surface area contributed by atoms with Gasteiger partial charge in [0, 0.05) is 12.5 Å². The van der Waals surface area contributed by atoms with Gasteiger partial charge < -0.3 is 9.84 Å². The van der Waals surface area contributed by atoms with Crippen LogP contribution in [0.4, 0.5) is 0 Å². The second kappa shape index (κ2) is 3.99. The van der Waals surface area contributed by atoms with E-state index in [9.17, 15) is 4.79 Å². The Bertz CT molecular complexity index is 193. The minimum atomic E-state index is -1.08. The van der Waals surface area contributed by atoms with Gasteiger partial charge in [0.2, 0.25) is 0 Å². The van der Waals surface area contributed by atoms with Gasteiger partial charge in [-0.15, -0.1) is 0 Å². The van der Waals surface area contributed by atoms with E-state index in [1.165, 1.54) is 0 Å². The minimum absolute atomic E-state index is 0.153. The van der Waals surface area contributed by atoms with Crippen LogP contribution >= 0.6 is 0 Å². The summed E-state index contributed by atoms with van der Waals surface area (Å²) in [5, 5.41) is 8.21. The van der Waals surface area contributed by atoms with Crippen molar-refractivity contribution in [1.29, 1.82) is 0 Å². The van der Waals surface area contributed by atoms with Crippen LogP contribution < -0.4 is 0 Å². The van der Waals surface area contributed by atoms with Gasteiger partial charge in [-0.25, -0.2) is 4.79 Å². The van der Waals surface area contributed by atoms with Crippen LogP contribution in [-0.2, 0) is 9.53 Å².